The molecule has 1 N–H and O–H groups in total. The minimum atomic E-state index is -0.371. The zero-order valence-electron chi connectivity index (χ0n) is 20.6. The van der Waals surface area contributed by atoms with Crippen LogP contribution in [0.15, 0.2) is 60.8 Å². The van der Waals surface area contributed by atoms with Crippen molar-refractivity contribution in [3.05, 3.63) is 72.1 Å². The van der Waals surface area contributed by atoms with Crippen molar-refractivity contribution in [2.24, 2.45) is 0 Å². The summed E-state index contributed by atoms with van der Waals surface area (Å²) in [6, 6.07) is 16.4. The van der Waals surface area contributed by atoms with Gasteiger partial charge in [0, 0.05) is 43.6 Å². The van der Waals surface area contributed by atoms with Crippen LogP contribution in [0.25, 0.3) is 0 Å². The first-order chi connectivity index (χ1) is 17.5. The van der Waals surface area contributed by atoms with Gasteiger partial charge in [-0.3, -0.25) is 4.79 Å². The number of urea groups is 1. The van der Waals surface area contributed by atoms with E-state index in [1.54, 1.807) is 26.2 Å². The van der Waals surface area contributed by atoms with E-state index in [0.717, 1.165) is 16.9 Å². The van der Waals surface area contributed by atoms with Crippen LogP contribution in [0.5, 0.6) is 17.2 Å². The Kier molecular flexibility index (Phi) is 6.45. The smallest absolute Gasteiger partial charge is 0.318 e. The first-order valence-electron chi connectivity index (χ1n) is 11.9. The van der Waals surface area contributed by atoms with Crippen LogP contribution in [-0.4, -0.2) is 61.9 Å². The quantitative estimate of drug-likeness (QED) is 0.572. The van der Waals surface area contributed by atoms with Gasteiger partial charge in [-0.05, 0) is 42.0 Å². The molecule has 1 aromatic heterocycles. The minimum Gasteiger partial charge on any atom is -0.493 e. The molecule has 9 nitrogen and oxygen atoms in total. The van der Waals surface area contributed by atoms with Crippen LogP contribution in [0, 0.1) is 0 Å². The average Bonchev–Trinajstić information content (AvgIpc) is 3.53. The molecule has 0 aliphatic carbocycles. The summed E-state index contributed by atoms with van der Waals surface area (Å²) in [6.45, 7) is 1.63. The summed E-state index contributed by atoms with van der Waals surface area (Å²) in [7, 11) is 4.71. The van der Waals surface area contributed by atoms with E-state index in [4.69, 9.17) is 14.2 Å². The molecule has 5 rings (SSSR count). The van der Waals surface area contributed by atoms with E-state index in [1.165, 1.54) is 0 Å². The number of ether oxygens (including phenoxy) is 3. The van der Waals surface area contributed by atoms with Crippen LogP contribution in [0.3, 0.4) is 0 Å². The molecule has 0 radical (unpaired) electrons. The molecule has 1 saturated heterocycles. The normalized spacial score (nSPS) is 19.1. The van der Waals surface area contributed by atoms with Crippen LogP contribution in [0.1, 0.15) is 23.7 Å². The zero-order chi connectivity index (χ0) is 25.2. The first kappa shape index (κ1) is 23.6. The predicted molar refractivity (Wildman–Crippen MR) is 135 cm³/mol. The van der Waals surface area contributed by atoms with Crippen molar-refractivity contribution < 1.29 is 23.8 Å². The lowest BCUT2D eigenvalue weighted by molar-refractivity contribution is -0.117. The molecule has 0 spiro atoms. The Balaban J connectivity index is 1.43. The van der Waals surface area contributed by atoms with Crippen molar-refractivity contribution in [1.82, 2.24) is 14.8 Å². The highest BCUT2D eigenvalue weighted by Crippen LogP contribution is 2.43. The molecule has 2 atom stereocenters. The first-order valence-corrected chi connectivity index (χ1v) is 11.9. The topological polar surface area (TPSA) is 85.3 Å². The van der Waals surface area contributed by atoms with Gasteiger partial charge in [-0.2, -0.15) is 0 Å². The minimum absolute atomic E-state index is 0.000183. The Morgan fingerprint density at radius 2 is 1.67 bits per heavy atom. The molecule has 2 aromatic carbocycles. The number of benzene rings is 2. The summed E-state index contributed by atoms with van der Waals surface area (Å²) in [4.78, 5) is 29.9. The van der Waals surface area contributed by atoms with Crippen molar-refractivity contribution in [2.45, 2.75) is 25.0 Å². The SMILES string of the molecule is COc1cc(C2c3cccn3CCN2C(=O)NC2CC(=O)N(c3ccccc3)C2)cc(OC)c1OC. The fourth-order valence-electron chi connectivity index (χ4n) is 5.13. The summed E-state index contributed by atoms with van der Waals surface area (Å²) >= 11 is 0. The number of fused-ring (bicyclic) bond motifs is 1. The van der Waals surface area contributed by atoms with Gasteiger partial charge < -0.3 is 33.9 Å². The van der Waals surface area contributed by atoms with E-state index in [-0.39, 0.29) is 30.4 Å². The number of para-hydroxylation sites is 1. The average molecular weight is 491 g/mol. The fourth-order valence-corrected chi connectivity index (χ4v) is 5.13. The van der Waals surface area contributed by atoms with Gasteiger partial charge in [0.2, 0.25) is 11.7 Å². The number of carbonyl (C=O) groups is 2. The summed E-state index contributed by atoms with van der Waals surface area (Å²) in [5.74, 6) is 1.54. The monoisotopic (exact) mass is 490 g/mol. The highest BCUT2D eigenvalue weighted by molar-refractivity contribution is 5.96. The van der Waals surface area contributed by atoms with Crippen molar-refractivity contribution in [1.29, 1.82) is 0 Å². The van der Waals surface area contributed by atoms with Crippen LogP contribution in [0.2, 0.25) is 0 Å². The van der Waals surface area contributed by atoms with Crippen LogP contribution >= 0.6 is 0 Å². The van der Waals surface area contributed by atoms with Crippen LogP contribution in [0.4, 0.5) is 10.5 Å². The molecule has 3 amide bonds. The lowest BCUT2D eigenvalue weighted by Gasteiger charge is -2.38. The second-order valence-corrected chi connectivity index (χ2v) is 8.87. The van der Waals surface area contributed by atoms with E-state index in [0.29, 0.717) is 36.9 Å². The van der Waals surface area contributed by atoms with Gasteiger partial charge in [0.15, 0.2) is 11.5 Å². The van der Waals surface area contributed by atoms with Crippen molar-refractivity contribution in [3.8, 4) is 17.2 Å². The van der Waals surface area contributed by atoms with Crippen LogP contribution < -0.4 is 24.4 Å². The molecular formula is C27H30N4O5. The fraction of sp³-hybridized carbons (Fsp3) is 0.333. The molecule has 3 aromatic rings. The van der Waals surface area contributed by atoms with Gasteiger partial charge in [-0.25, -0.2) is 4.79 Å². The van der Waals surface area contributed by atoms with E-state index in [1.807, 2.05) is 65.7 Å². The summed E-state index contributed by atoms with van der Waals surface area (Å²) in [5, 5.41) is 3.11. The number of nitrogens with zero attached hydrogens (tertiary/aromatic N) is 3. The molecule has 1 fully saturated rings. The molecule has 188 valence electrons. The van der Waals surface area contributed by atoms with Crippen molar-refractivity contribution in [3.63, 3.8) is 0 Å². The van der Waals surface area contributed by atoms with E-state index in [2.05, 4.69) is 9.88 Å². The molecule has 36 heavy (non-hydrogen) atoms. The Bertz CT molecular complexity index is 1230. The Morgan fingerprint density at radius 1 is 0.944 bits per heavy atom. The molecule has 9 heteroatoms. The Morgan fingerprint density at radius 3 is 2.33 bits per heavy atom. The van der Waals surface area contributed by atoms with E-state index in [9.17, 15) is 9.59 Å². The molecule has 0 bridgehead atoms. The highest BCUT2D eigenvalue weighted by atomic mass is 16.5. The van der Waals surface area contributed by atoms with Crippen molar-refractivity contribution in [2.75, 3.05) is 39.3 Å². The second-order valence-electron chi connectivity index (χ2n) is 8.87. The third-order valence-corrected chi connectivity index (χ3v) is 6.82. The van der Waals surface area contributed by atoms with Gasteiger partial charge in [-0.15, -0.1) is 0 Å². The predicted octanol–water partition coefficient (Wildman–Crippen LogP) is 3.43. The number of amides is 3. The molecule has 0 saturated carbocycles. The van der Waals surface area contributed by atoms with Gasteiger partial charge in [0.1, 0.15) is 0 Å². The number of methoxy groups -OCH3 is 3. The van der Waals surface area contributed by atoms with Gasteiger partial charge in [0.05, 0.1) is 33.4 Å². The summed E-state index contributed by atoms with van der Waals surface area (Å²) in [5.41, 5.74) is 2.66. The lowest BCUT2D eigenvalue weighted by Crippen LogP contribution is -2.50. The molecule has 2 aliphatic heterocycles. The van der Waals surface area contributed by atoms with Crippen LogP contribution in [-0.2, 0) is 11.3 Å². The maximum absolute atomic E-state index is 13.6. The third-order valence-electron chi connectivity index (χ3n) is 6.82. The van der Waals surface area contributed by atoms with Gasteiger partial charge in [0.25, 0.3) is 0 Å². The number of hydrogen-bond acceptors (Lipinski definition) is 5. The largest absolute Gasteiger partial charge is 0.493 e. The second kappa shape index (κ2) is 9.85. The van der Waals surface area contributed by atoms with Crippen molar-refractivity contribution >= 4 is 17.6 Å². The van der Waals surface area contributed by atoms with Gasteiger partial charge in [-0.1, -0.05) is 18.2 Å². The maximum atomic E-state index is 13.6. The van der Waals surface area contributed by atoms with E-state index >= 15 is 0 Å². The lowest BCUT2D eigenvalue weighted by atomic mass is 9.99. The van der Waals surface area contributed by atoms with Gasteiger partial charge >= 0.3 is 6.03 Å². The number of carbonyl (C=O) groups excluding carboxylic acids is 2. The number of rotatable bonds is 6. The third kappa shape index (κ3) is 4.21. The number of nitrogens with one attached hydrogen (secondary N) is 1. The highest BCUT2D eigenvalue weighted by Gasteiger charge is 2.37. The molecular weight excluding hydrogens is 460 g/mol. The standard InChI is InChI=1S/C27H30N4O5/c1-34-22-14-18(15-23(35-2)26(22)36-3)25-21-10-7-11-29(21)12-13-30(25)27(33)28-19-16-24(32)31(17-19)20-8-5-4-6-9-20/h4-11,14-15,19,25H,12-13,16-17H2,1-3H3,(H,28,33). The number of hydrogen-bond donors (Lipinski definition) is 1. The Hall–Kier alpha value is -4.14. The summed E-state index contributed by atoms with van der Waals surface area (Å²) in [6.07, 6.45) is 2.28. The zero-order valence-corrected chi connectivity index (χ0v) is 20.6. The van der Waals surface area contributed by atoms with E-state index < -0.39 is 0 Å². The summed E-state index contributed by atoms with van der Waals surface area (Å²) < 4.78 is 18.8. The molecule has 2 aliphatic rings. The number of anilines is 1. The maximum Gasteiger partial charge on any atom is 0.318 e. The number of aromatic nitrogens is 1. The Labute approximate surface area is 210 Å². The molecule has 2 unspecified atom stereocenters. The molecule has 3 heterocycles.